The van der Waals surface area contributed by atoms with Crippen LogP contribution in [0, 0.1) is 5.92 Å². The van der Waals surface area contributed by atoms with E-state index in [1.165, 1.54) is 37.0 Å². The third kappa shape index (κ3) is 3.20. The van der Waals surface area contributed by atoms with Gasteiger partial charge in [0.1, 0.15) is 0 Å². The Hall–Kier alpha value is -0.0500. The van der Waals surface area contributed by atoms with Crippen LogP contribution in [0.25, 0.3) is 0 Å². The van der Waals surface area contributed by atoms with Gasteiger partial charge in [0.15, 0.2) is 0 Å². The van der Waals surface area contributed by atoms with E-state index < -0.39 is 0 Å². The van der Waals surface area contributed by atoms with Crippen LogP contribution in [0.4, 0.5) is 0 Å². The fourth-order valence-corrected chi connectivity index (χ4v) is 3.50. The van der Waals surface area contributed by atoms with Gasteiger partial charge in [0, 0.05) is 10.9 Å². The second kappa shape index (κ2) is 5.33. The topological polar surface area (TPSA) is 26.0 Å². The molecule has 0 radical (unpaired) electrons. The van der Waals surface area contributed by atoms with Crippen molar-refractivity contribution in [1.82, 2.24) is 0 Å². The lowest BCUT2D eigenvalue weighted by Gasteiger charge is -2.24. The molecule has 1 aliphatic rings. The molecule has 1 aliphatic carbocycles. The van der Waals surface area contributed by atoms with Crippen molar-refractivity contribution < 1.29 is 0 Å². The van der Waals surface area contributed by atoms with Crippen LogP contribution in [-0.2, 0) is 0 Å². The van der Waals surface area contributed by atoms with E-state index in [2.05, 4.69) is 6.07 Å². The van der Waals surface area contributed by atoms with E-state index in [4.69, 9.17) is 17.3 Å². The molecular formula is C12H18ClNS. The first-order valence-electron chi connectivity index (χ1n) is 5.76. The molecule has 1 fully saturated rings. The highest BCUT2D eigenvalue weighted by atomic mass is 35.5. The smallest absolute Gasteiger partial charge is 0.0931 e. The van der Waals surface area contributed by atoms with Crippen LogP contribution < -0.4 is 5.73 Å². The lowest BCUT2D eigenvalue weighted by Crippen LogP contribution is -2.16. The van der Waals surface area contributed by atoms with Gasteiger partial charge in [0.05, 0.1) is 4.34 Å². The van der Waals surface area contributed by atoms with Gasteiger partial charge in [-0.1, -0.05) is 43.7 Å². The number of nitrogens with two attached hydrogens (primary N) is 1. The Morgan fingerprint density at radius 2 is 2.07 bits per heavy atom. The predicted octanol–water partition coefficient (Wildman–Crippen LogP) is 4.37. The fourth-order valence-electron chi connectivity index (χ4n) is 2.43. The van der Waals surface area contributed by atoms with Crippen molar-refractivity contribution in [3.63, 3.8) is 0 Å². The lowest BCUT2D eigenvalue weighted by atomic mass is 9.85. The predicted molar refractivity (Wildman–Crippen MR) is 67.4 cm³/mol. The Bertz CT molecular complexity index is 304. The van der Waals surface area contributed by atoms with E-state index >= 15 is 0 Å². The third-order valence-corrected chi connectivity index (χ3v) is 4.63. The maximum atomic E-state index is 6.19. The van der Waals surface area contributed by atoms with Crippen molar-refractivity contribution in [3.8, 4) is 0 Å². The number of rotatable bonds is 3. The number of halogens is 1. The monoisotopic (exact) mass is 243 g/mol. The molecule has 2 N–H and O–H groups in total. The summed E-state index contributed by atoms with van der Waals surface area (Å²) in [7, 11) is 0. The van der Waals surface area contributed by atoms with Crippen LogP contribution in [0.1, 0.15) is 49.4 Å². The van der Waals surface area contributed by atoms with Gasteiger partial charge in [-0.3, -0.25) is 0 Å². The van der Waals surface area contributed by atoms with Crippen LogP contribution in [0.15, 0.2) is 12.1 Å². The van der Waals surface area contributed by atoms with Crippen molar-refractivity contribution >= 4 is 22.9 Å². The van der Waals surface area contributed by atoms with Crippen molar-refractivity contribution in [3.05, 3.63) is 21.3 Å². The SMILES string of the molecule is NC(CC1CCCCC1)c1ccc(Cl)s1. The highest BCUT2D eigenvalue weighted by Gasteiger charge is 2.18. The Morgan fingerprint density at radius 3 is 2.67 bits per heavy atom. The quantitative estimate of drug-likeness (QED) is 0.838. The highest BCUT2D eigenvalue weighted by Crippen LogP contribution is 2.33. The fraction of sp³-hybridized carbons (Fsp3) is 0.667. The normalized spacial score (nSPS) is 20.4. The summed E-state index contributed by atoms with van der Waals surface area (Å²) in [4.78, 5) is 1.24. The van der Waals surface area contributed by atoms with Crippen LogP contribution in [-0.4, -0.2) is 0 Å². The zero-order chi connectivity index (χ0) is 10.7. The number of hydrogen-bond donors (Lipinski definition) is 1. The molecule has 0 aromatic carbocycles. The van der Waals surface area contributed by atoms with E-state index in [9.17, 15) is 0 Å². The van der Waals surface area contributed by atoms with Crippen LogP contribution >= 0.6 is 22.9 Å². The zero-order valence-corrected chi connectivity index (χ0v) is 10.5. The van der Waals surface area contributed by atoms with Crippen LogP contribution in [0.3, 0.4) is 0 Å². The molecule has 0 saturated heterocycles. The minimum Gasteiger partial charge on any atom is -0.323 e. The summed E-state index contributed by atoms with van der Waals surface area (Å²) >= 11 is 7.54. The second-order valence-electron chi connectivity index (χ2n) is 4.49. The summed E-state index contributed by atoms with van der Waals surface area (Å²) in [5.74, 6) is 0.842. The first kappa shape index (κ1) is 11.4. The van der Waals surface area contributed by atoms with Crippen LogP contribution in [0.2, 0.25) is 4.34 Å². The molecule has 2 rings (SSSR count). The molecule has 1 aromatic heterocycles. The van der Waals surface area contributed by atoms with Gasteiger partial charge >= 0.3 is 0 Å². The zero-order valence-electron chi connectivity index (χ0n) is 8.92. The molecule has 1 aromatic rings. The molecule has 1 nitrogen and oxygen atoms in total. The average Bonchev–Trinajstić information content (AvgIpc) is 2.66. The molecule has 0 amide bonds. The van der Waals surface area contributed by atoms with Gasteiger partial charge < -0.3 is 5.73 Å². The van der Waals surface area contributed by atoms with Crippen molar-refractivity contribution in [2.45, 2.75) is 44.6 Å². The van der Waals surface area contributed by atoms with E-state index in [1.54, 1.807) is 11.3 Å². The number of hydrogen-bond acceptors (Lipinski definition) is 2. The first-order chi connectivity index (χ1) is 7.25. The summed E-state index contributed by atoms with van der Waals surface area (Å²) in [6.07, 6.45) is 8.07. The molecule has 15 heavy (non-hydrogen) atoms. The maximum Gasteiger partial charge on any atom is 0.0931 e. The Labute approximate surface area is 101 Å². The molecule has 0 bridgehead atoms. The van der Waals surface area contributed by atoms with Crippen molar-refractivity contribution in [2.24, 2.45) is 11.7 Å². The third-order valence-electron chi connectivity index (χ3n) is 3.27. The van der Waals surface area contributed by atoms with Gasteiger partial charge in [-0.15, -0.1) is 11.3 Å². The Morgan fingerprint density at radius 1 is 1.33 bits per heavy atom. The largest absolute Gasteiger partial charge is 0.323 e. The van der Waals surface area contributed by atoms with Crippen molar-refractivity contribution in [2.75, 3.05) is 0 Å². The van der Waals surface area contributed by atoms with E-state index in [0.29, 0.717) is 0 Å². The summed E-state index contributed by atoms with van der Waals surface area (Å²) in [5, 5.41) is 0. The molecule has 0 aliphatic heterocycles. The Balaban J connectivity index is 1.88. The first-order valence-corrected chi connectivity index (χ1v) is 6.96. The molecule has 1 saturated carbocycles. The molecule has 3 heteroatoms. The molecule has 0 spiro atoms. The number of thiophene rings is 1. The maximum absolute atomic E-state index is 6.19. The second-order valence-corrected chi connectivity index (χ2v) is 6.23. The lowest BCUT2D eigenvalue weighted by molar-refractivity contribution is 0.320. The summed E-state index contributed by atoms with van der Waals surface area (Å²) < 4.78 is 0.851. The molecule has 1 unspecified atom stereocenters. The van der Waals surface area contributed by atoms with Gasteiger partial charge in [-0.25, -0.2) is 0 Å². The van der Waals surface area contributed by atoms with Crippen molar-refractivity contribution in [1.29, 1.82) is 0 Å². The average molecular weight is 244 g/mol. The molecule has 1 atom stereocenters. The van der Waals surface area contributed by atoms with Crippen LogP contribution in [0.5, 0.6) is 0 Å². The molecular weight excluding hydrogens is 226 g/mol. The molecule has 84 valence electrons. The highest BCUT2D eigenvalue weighted by molar-refractivity contribution is 7.16. The minimum absolute atomic E-state index is 0.200. The summed E-state index contributed by atoms with van der Waals surface area (Å²) in [6.45, 7) is 0. The standard InChI is InChI=1S/C12H18ClNS/c13-12-7-6-11(15-12)10(14)8-9-4-2-1-3-5-9/h6-7,9-10H,1-5,8,14H2. The van der Waals surface area contributed by atoms with E-state index in [1.807, 2.05) is 6.07 Å². The summed E-state index contributed by atoms with van der Waals surface area (Å²) in [6, 6.07) is 4.22. The van der Waals surface area contributed by atoms with E-state index in [0.717, 1.165) is 16.7 Å². The van der Waals surface area contributed by atoms with E-state index in [-0.39, 0.29) is 6.04 Å². The van der Waals surface area contributed by atoms with Gasteiger partial charge in [0.25, 0.3) is 0 Å². The Kier molecular flexibility index (Phi) is 4.06. The van der Waals surface area contributed by atoms with Gasteiger partial charge in [-0.05, 0) is 24.5 Å². The van der Waals surface area contributed by atoms with Gasteiger partial charge in [0.2, 0.25) is 0 Å². The van der Waals surface area contributed by atoms with Gasteiger partial charge in [-0.2, -0.15) is 0 Å². The minimum atomic E-state index is 0.200. The molecule has 1 heterocycles. The summed E-state index contributed by atoms with van der Waals surface area (Å²) in [5.41, 5.74) is 6.19.